The van der Waals surface area contributed by atoms with Crippen molar-refractivity contribution in [2.24, 2.45) is 0 Å². The van der Waals surface area contributed by atoms with E-state index in [-0.39, 0.29) is 0 Å². The molecule has 0 N–H and O–H groups in total. The monoisotopic (exact) mass is 754 g/mol. The molecule has 12 aromatic rings. The van der Waals surface area contributed by atoms with E-state index in [0.717, 1.165) is 27.0 Å². The Hall–Kier alpha value is -7.34. The smallest absolute Gasteiger partial charge is 0.116 e. The van der Waals surface area contributed by atoms with E-state index >= 15 is 0 Å². The predicted molar refractivity (Wildman–Crippen MR) is 240 cm³/mol. The van der Waals surface area contributed by atoms with Gasteiger partial charge in [0.2, 0.25) is 0 Å². The lowest BCUT2D eigenvalue weighted by atomic mass is 9.70. The van der Waals surface area contributed by atoms with Crippen molar-refractivity contribution in [3.8, 4) is 33.6 Å². The Bertz CT molecular complexity index is 3690. The number of nitrogens with zero attached hydrogens (tertiary/aromatic N) is 4. The molecule has 0 atom stereocenters. The molecule has 0 amide bonds. The Balaban J connectivity index is 1.19. The Kier molecular flexibility index (Phi) is 5.82. The summed E-state index contributed by atoms with van der Waals surface area (Å²) in [5.74, 6) is 0. The minimum Gasteiger partial charge on any atom is -0.308 e. The van der Waals surface area contributed by atoms with Crippen LogP contribution < -0.4 is 0 Å². The first-order valence-electron chi connectivity index (χ1n) is 19.8. The number of thiophene rings is 1. The van der Waals surface area contributed by atoms with Gasteiger partial charge in [0.1, 0.15) is 6.33 Å². The lowest BCUT2D eigenvalue weighted by Gasteiger charge is -2.30. The van der Waals surface area contributed by atoms with Crippen molar-refractivity contribution in [1.82, 2.24) is 19.1 Å². The summed E-state index contributed by atoms with van der Waals surface area (Å²) in [7, 11) is 0. The minimum absolute atomic E-state index is 0.438. The fourth-order valence-corrected chi connectivity index (χ4v) is 12.2. The average Bonchev–Trinajstić information content (AvgIpc) is 4.07. The quantitative estimate of drug-likeness (QED) is 0.176. The molecule has 14 rings (SSSR count). The molecular weight excluding hydrogens is 725 g/mol. The molecule has 2 aliphatic rings. The maximum absolute atomic E-state index is 5.03. The second-order valence-corrected chi connectivity index (χ2v) is 16.7. The molecule has 58 heavy (non-hydrogen) atoms. The molecule has 268 valence electrons. The van der Waals surface area contributed by atoms with Crippen LogP contribution in [0.4, 0.5) is 0 Å². The molecular formula is C53H30N4S. The molecule has 4 nitrogen and oxygen atoms in total. The van der Waals surface area contributed by atoms with Crippen LogP contribution in [0.2, 0.25) is 0 Å². The van der Waals surface area contributed by atoms with Crippen molar-refractivity contribution in [2.75, 3.05) is 0 Å². The zero-order valence-electron chi connectivity index (χ0n) is 31.0. The second kappa shape index (κ2) is 10.9. The molecule has 1 spiro atoms. The predicted octanol–water partition coefficient (Wildman–Crippen LogP) is 13.4. The van der Waals surface area contributed by atoms with Crippen molar-refractivity contribution in [3.63, 3.8) is 0 Å². The second-order valence-electron chi connectivity index (χ2n) is 15.6. The Morgan fingerprint density at radius 3 is 1.64 bits per heavy atom. The van der Waals surface area contributed by atoms with Crippen LogP contribution in [0.15, 0.2) is 182 Å². The molecule has 0 aliphatic heterocycles. The van der Waals surface area contributed by atoms with E-state index in [1.54, 1.807) is 17.7 Å². The van der Waals surface area contributed by atoms with Crippen LogP contribution >= 0.6 is 11.3 Å². The summed E-state index contributed by atoms with van der Waals surface area (Å²) in [6.45, 7) is 0. The van der Waals surface area contributed by atoms with Crippen molar-refractivity contribution in [2.45, 2.75) is 5.41 Å². The third-order valence-electron chi connectivity index (χ3n) is 13.1. The van der Waals surface area contributed by atoms with Gasteiger partial charge in [0, 0.05) is 44.5 Å². The number of fused-ring (bicyclic) bond motifs is 22. The van der Waals surface area contributed by atoms with Crippen molar-refractivity contribution < 1.29 is 0 Å². The largest absolute Gasteiger partial charge is 0.308 e. The number of aromatic nitrogens is 4. The van der Waals surface area contributed by atoms with Gasteiger partial charge in [0.05, 0.1) is 42.4 Å². The minimum atomic E-state index is -0.438. The van der Waals surface area contributed by atoms with Gasteiger partial charge in [-0.25, -0.2) is 9.97 Å². The summed E-state index contributed by atoms with van der Waals surface area (Å²) in [6, 6.07) is 63.1. The fourth-order valence-electron chi connectivity index (χ4n) is 11.0. The maximum atomic E-state index is 5.03. The zero-order chi connectivity index (χ0) is 37.7. The number of para-hydroxylation sites is 3. The van der Waals surface area contributed by atoms with E-state index in [1.807, 2.05) is 6.20 Å². The molecule has 2 aliphatic carbocycles. The number of hydrogen-bond donors (Lipinski definition) is 0. The molecule has 8 aromatic carbocycles. The number of benzene rings is 8. The van der Waals surface area contributed by atoms with Crippen LogP contribution in [0.5, 0.6) is 0 Å². The van der Waals surface area contributed by atoms with Crippen LogP contribution in [0.3, 0.4) is 0 Å². The highest BCUT2D eigenvalue weighted by molar-refractivity contribution is 7.26. The molecule has 0 radical (unpaired) electrons. The van der Waals surface area contributed by atoms with Crippen LogP contribution in [-0.2, 0) is 5.41 Å². The fraction of sp³-hybridized carbons (Fsp3) is 0.0189. The maximum Gasteiger partial charge on any atom is 0.116 e. The van der Waals surface area contributed by atoms with Gasteiger partial charge < -0.3 is 9.13 Å². The molecule has 4 heterocycles. The summed E-state index contributed by atoms with van der Waals surface area (Å²) in [4.78, 5) is 9.56. The summed E-state index contributed by atoms with van der Waals surface area (Å²) >= 11 is 1.80. The lowest BCUT2D eigenvalue weighted by molar-refractivity contribution is 0.792. The van der Waals surface area contributed by atoms with Gasteiger partial charge in [0.15, 0.2) is 0 Å². The summed E-state index contributed by atoms with van der Waals surface area (Å²) in [5, 5.41) is 6.14. The van der Waals surface area contributed by atoms with E-state index in [9.17, 15) is 0 Å². The number of rotatable bonds is 2. The Labute approximate surface area is 336 Å². The van der Waals surface area contributed by atoms with Gasteiger partial charge in [-0.1, -0.05) is 133 Å². The highest BCUT2D eigenvalue weighted by Crippen LogP contribution is 2.63. The summed E-state index contributed by atoms with van der Waals surface area (Å²) in [6.07, 6.45) is 3.68. The standard InChI is InChI=1S/C53H30N4S/c1-2-14-31(15-3-1)56-43-24-12-7-19-37(43)46-47-38-20-8-13-25-44(38)57(51(47)52-48(50(46)56)49-45(58-52)29-54-30-55-49)32-26-27-36-35-18-6-11-23-41(35)53(42(36)28-32)39-21-9-4-16-33(39)34-17-5-10-22-40(34)53/h1-30H. The van der Waals surface area contributed by atoms with Crippen LogP contribution in [-0.4, -0.2) is 19.1 Å². The van der Waals surface area contributed by atoms with Crippen LogP contribution in [0.25, 0.3) is 97.5 Å². The molecule has 0 unspecified atom stereocenters. The first-order chi connectivity index (χ1) is 28.8. The van der Waals surface area contributed by atoms with Crippen molar-refractivity contribution in [3.05, 3.63) is 205 Å². The van der Waals surface area contributed by atoms with E-state index in [2.05, 4.69) is 184 Å². The normalized spacial score (nSPS) is 13.7. The van der Waals surface area contributed by atoms with Gasteiger partial charge >= 0.3 is 0 Å². The van der Waals surface area contributed by atoms with E-state index in [0.29, 0.717) is 0 Å². The third-order valence-corrected chi connectivity index (χ3v) is 14.2. The van der Waals surface area contributed by atoms with Crippen molar-refractivity contribution >= 4 is 75.3 Å². The topological polar surface area (TPSA) is 35.6 Å². The molecule has 0 saturated carbocycles. The third kappa shape index (κ3) is 3.58. The Morgan fingerprint density at radius 2 is 0.983 bits per heavy atom. The van der Waals surface area contributed by atoms with E-state index < -0.39 is 5.41 Å². The zero-order valence-corrected chi connectivity index (χ0v) is 31.8. The number of hydrogen-bond acceptors (Lipinski definition) is 3. The average molecular weight is 755 g/mol. The first-order valence-corrected chi connectivity index (χ1v) is 20.6. The molecule has 0 saturated heterocycles. The van der Waals surface area contributed by atoms with Gasteiger partial charge in [0.25, 0.3) is 0 Å². The molecule has 0 fully saturated rings. The highest BCUT2D eigenvalue weighted by atomic mass is 32.1. The lowest BCUT2D eigenvalue weighted by Crippen LogP contribution is -2.26. The highest BCUT2D eigenvalue weighted by Gasteiger charge is 2.51. The molecule has 5 heteroatoms. The van der Waals surface area contributed by atoms with Crippen LogP contribution in [0.1, 0.15) is 22.3 Å². The summed E-state index contributed by atoms with van der Waals surface area (Å²) in [5.41, 5.74) is 18.2. The van der Waals surface area contributed by atoms with Crippen molar-refractivity contribution in [1.29, 1.82) is 0 Å². The van der Waals surface area contributed by atoms with Crippen LogP contribution in [0, 0.1) is 0 Å². The van der Waals surface area contributed by atoms with Gasteiger partial charge in [-0.05, 0) is 80.9 Å². The Morgan fingerprint density at radius 1 is 0.448 bits per heavy atom. The molecule has 4 aromatic heterocycles. The van der Waals surface area contributed by atoms with E-state index in [1.165, 1.54) is 92.8 Å². The SMILES string of the molecule is c1ccc(-n2c3ccccc3c3c4c5ccccc5n(-c5ccc6c(c5)C5(c7ccccc7-c7ccccc75)c5ccccc5-6)c4c4sc5cncnc5c4c32)cc1. The molecule has 0 bridgehead atoms. The van der Waals surface area contributed by atoms with Gasteiger partial charge in [-0.2, -0.15) is 0 Å². The van der Waals surface area contributed by atoms with E-state index in [4.69, 9.17) is 4.98 Å². The first kappa shape index (κ1) is 30.8. The van der Waals surface area contributed by atoms with Gasteiger partial charge in [-0.3, -0.25) is 0 Å². The van der Waals surface area contributed by atoms with Gasteiger partial charge in [-0.15, -0.1) is 11.3 Å². The summed E-state index contributed by atoms with van der Waals surface area (Å²) < 4.78 is 7.30.